The number of nitrogens with zero attached hydrogens (tertiary/aromatic N) is 2. The highest BCUT2D eigenvalue weighted by Gasteiger charge is 2.41. The molecule has 1 heterocycles. The fourth-order valence-electron chi connectivity index (χ4n) is 4.74. The molecule has 0 aliphatic rings. The number of Topliss-reactive ketones (excluding diaryl/α,β-unsaturated/α-hetero) is 1. The van der Waals surface area contributed by atoms with Gasteiger partial charge in [0.1, 0.15) is 6.04 Å². The van der Waals surface area contributed by atoms with Crippen LogP contribution in [-0.2, 0) is 15.0 Å². The van der Waals surface area contributed by atoms with Crippen molar-refractivity contribution in [3.8, 4) is 0 Å². The van der Waals surface area contributed by atoms with Crippen LogP contribution in [0.5, 0.6) is 0 Å². The van der Waals surface area contributed by atoms with Crippen molar-refractivity contribution in [3.63, 3.8) is 0 Å². The zero-order valence-electron chi connectivity index (χ0n) is 24.5. The standard InChI is InChI=1S/C30H45N5O3/c1-19(2)22(18-20(3)23(36)26-32-16-17-33-26)35(10)28(38)25(29(4,5)6)34-27(37)24(31-9)30(7,8)21-14-12-11-13-15-21/h11-19,22,24-25,31H,1-10H3,(H,32,33)(H,34,37)/b20-18+/t22-,24-,25-/m1/s1. The van der Waals surface area contributed by atoms with Crippen molar-refractivity contribution in [1.82, 2.24) is 25.5 Å². The molecule has 3 N–H and O–H groups in total. The largest absolute Gasteiger partial charge is 0.342 e. The van der Waals surface area contributed by atoms with Crippen LogP contribution < -0.4 is 10.6 Å². The lowest BCUT2D eigenvalue weighted by Crippen LogP contribution is -2.61. The molecule has 0 unspecified atom stereocenters. The Labute approximate surface area is 227 Å². The third-order valence-corrected chi connectivity index (χ3v) is 7.16. The van der Waals surface area contributed by atoms with Gasteiger partial charge in [-0.2, -0.15) is 0 Å². The van der Waals surface area contributed by atoms with E-state index in [2.05, 4.69) is 20.6 Å². The van der Waals surface area contributed by atoms with Gasteiger partial charge in [0.05, 0.1) is 12.1 Å². The van der Waals surface area contributed by atoms with Crippen molar-refractivity contribution in [3.05, 3.63) is 65.8 Å². The van der Waals surface area contributed by atoms with Gasteiger partial charge in [-0.3, -0.25) is 14.4 Å². The molecule has 8 heteroatoms. The SMILES string of the molecule is CN[C@H](C(=O)N[C@H](C(=O)N(C)[C@H](/C=C(\C)C(=O)c1ncc[nH]1)C(C)C)C(C)(C)C)C(C)(C)c1ccccc1. The average molecular weight is 524 g/mol. The van der Waals surface area contributed by atoms with Crippen LogP contribution in [0, 0.1) is 11.3 Å². The van der Waals surface area contributed by atoms with Crippen LogP contribution in [-0.4, -0.2) is 64.7 Å². The minimum absolute atomic E-state index is 0.0293. The highest BCUT2D eigenvalue weighted by atomic mass is 16.2. The molecule has 8 nitrogen and oxygen atoms in total. The molecule has 0 saturated carbocycles. The lowest BCUT2D eigenvalue weighted by atomic mass is 9.76. The summed E-state index contributed by atoms with van der Waals surface area (Å²) in [6.45, 7) is 15.6. The highest BCUT2D eigenvalue weighted by molar-refractivity contribution is 6.05. The third kappa shape index (κ3) is 7.19. The Bertz CT molecular complexity index is 1110. The van der Waals surface area contributed by atoms with Gasteiger partial charge in [0.2, 0.25) is 17.6 Å². The summed E-state index contributed by atoms with van der Waals surface area (Å²) in [4.78, 5) is 48.9. The Morgan fingerprint density at radius 1 is 1.03 bits per heavy atom. The average Bonchev–Trinajstić information content (AvgIpc) is 3.39. The number of H-pyrrole nitrogens is 1. The second kappa shape index (κ2) is 12.5. The summed E-state index contributed by atoms with van der Waals surface area (Å²) >= 11 is 0. The number of rotatable bonds is 11. The van der Waals surface area contributed by atoms with E-state index in [1.165, 1.54) is 6.20 Å². The van der Waals surface area contributed by atoms with E-state index >= 15 is 0 Å². The van der Waals surface area contributed by atoms with Crippen molar-refractivity contribution in [1.29, 1.82) is 0 Å². The maximum Gasteiger partial charge on any atom is 0.245 e. The number of nitrogens with one attached hydrogen (secondary N) is 3. The number of hydrogen-bond acceptors (Lipinski definition) is 5. The third-order valence-electron chi connectivity index (χ3n) is 7.16. The number of hydrogen-bond donors (Lipinski definition) is 3. The summed E-state index contributed by atoms with van der Waals surface area (Å²) in [6.07, 6.45) is 4.94. The molecule has 0 bridgehead atoms. The maximum atomic E-state index is 13.9. The van der Waals surface area contributed by atoms with Gasteiger partial charge in [-0.15, -0.1) is 0 Å². The van der Waals surface area contributed by atoms with Gasteiger partial charge >= 0.3 is 0 Å². The fourth-order valence-corrected chi connectivity index (χ4v) is 4.74. The molecule has 3 atom stereocenters. The predicted molar refractivity (Wildman–Crippen MR) is 152 cm³/mol. The first-order valence-electron chi connectivity index (χ1n) is 13.1. The Hall–Kier alpha value is -3.26. The van der Waals surface area contributed by atoms with Crippen molar-refractivity contribution in [2.45, 2.75) is 78.9 Å². The summed E-state index contributed by atoms with van der Waals surface area (Å²) in [6, 6.07) is 8.16. The lowest BCUT2D eigenvalue weighted by molar-refractivity contribution is -0.140. The Morgan fingerprint density at radius 3 is 2.11 bits per heavy atom. The number of aromatic amines is 1. The zero-order chi connectivity index (χ0) is 28.8. The molecular formula is C30H45N5O3. The van der Waals surface area contributed by atoms with Gasteiger partial charge in [-0.1, -0.05) is 84.9 Å². The van der Waals surface area contributed by atoms with E-state index in [0.717, 1.165) is 5.56 Å². The summed E-state index contributed by atoms with van der Waals surface area (Å²) in [5, 5.41) is 6.23. The van der Waals surface area contributed by atoms with Gasteiger partial charge in [-0.25, -0.2) is 4.98 Å². The molecular weight excluding hydrogens is 478 g/mol. The second-order valence-electron chi connectivity index (χ2n) is 11.9. The van der Waals surface area contributed by atoms with Crippen LogP contribution in [0.2, 0.25) is 0 Å². The van der Waals surface area contributed by atoms with Crippen LogP contribution in [0.4, 0.5) is 0 Å². The number of amides is 2. The first-order valence-corrected chi connectivity index (χ1v) is 13.1. The molecule has 2 rings (SSSR count). The van der Waals surface area contributed by atoms with Crippen molar-refractivity contribution >= 4 is 17.6 Å². The van der Waals surface area contributed by atoms with Crippen LogP contribution in [0.3, 0.4) is 0 Å². The molecule has 0 spiro atoms. The minimum Gasteiger partial charge on any atom is -0.342 e. The quantitative estimate of drug-likeness (QED) is 0.303. The number of aromatic nitrogens is 2. The van der Waals surface area contributed by atoms with E-state index in [-0.39, 0.29) is 35.4 Å². The maximum absolute atomic E-state index is 13.9. The molecule has 38 heavy (non-hydrogen) atoms. The van der Waals surface area contributed by atoms with Crippen molar-refractivity contribution in [2.24, 2.45) is 11.3 Å². The predicted octanol–water partition coefficient (Wildman–Crippen LogP) is 4.12. The number of imidazole rings is 1. The smallest absolute Gasteiger partial charge is 0.245 e. The molecule has 0 saturated heterocycles. The minimum atomic E-state index is -0.779. The molecule has 0 fully saturated rings. The van der Waals surface area contributed by atoms with E-state index < -0.39 is 22.9 Å². The molecule has 2 aromatic rings. The number of ketones is 1. The Kier molecular flexibility index (Phi) is 10.2. The number of carbonyl (C=O) groups excluding carboxylic acids is 3. The molecule has 2 amide bonds. The topological polar surface area (TPSA) is 107 Å². The Balaban J connectivity index is 2.34. The van der Waals surface area contributed by atoms with Crippen LogP contribution in [0.1, 0.15) is 71.6 Å². The normalized spacial score (nSPS) is 15.1. The van der Waals surface area contributed by atoms with Gasteiger partial charge in [0.25, 0.3) is 0 Å². The van der Waals surface area contributed by atoms with Crippen LogP contribution >= 0.6 is 0 Å². The fraction of sp³-hybridized carbons (Fsp3) is 0.533. The van der Waals surface area contributed by atoms with Gasteiger partial charge in [-0.05, 0) is 36.4 Å². The van der Waals surface area contributed by atoms with Crippen molar-refractivity contribution in [2.75, 3.05) is 14.1 Å². The molecule has 208 valence electrons. The second-order valence-corrected chi connectivity index (χ2v) is 11.9. The molecule has 0 aliphatic heterocycles. The summed E-state index contributed by atoms with van der Waals surface area (Å²) in [7, 11) is 3.48. The highest BCUT2D eigenvalue weighted by Crippen LogP contribution is 2.29. The lowest BCUT2D eigenvalue weighted by Gasteiger charge is -2.40. The van der Waals surface area contributed by atoms with Gasteiger partial charge < -0.3 is 20.5 Å². The Morgan fingerprint density at radius 2 is 1.63 bits per heavy atom. The monoisotopic (exact) mass is 523 g/mol. The summed E-state index contributed by atoms with van der Waals surface area (Å²) in [5.41, 5.74) is 0.436. The van der Waals surface area contributed by atoms with E-state index in [1.807, 2.05) is 84.9 Å². The number of allylic oxidation sites excluding steroid dienone is 1. The first-order chi connectivity index (χ1) is 17.6. The van der Waals surface area contributed by atoms with Crippen molar-refractivity contribution < 1.29 is 14.4 Å². The molecule has 1 aromatic carbocycles. The van der Waals surface area contributed by atoms with Gasteiger partial charge in [0.15, 0.2) is 5.82 Å². The van der Waals surface area contributed by atoms with E-state index in [9.17, 15) is 14.4 Å². The molecule has 0 radical (unpaired) electrons. The summed E-state index contributed by atoms with van der Waals surface area (Å²) < 4.78 is 0. The van der Waals surface area contributed by atoms with E-state index in [1.54, 1.807) is 32.1 Å². The van der Waals surface area contributed by atoms with E-state index in [4.69, 9.17) is 0 Å². The van der Waals surface area contributed by atoms with Crippen LogP contribution in [0.25, 0.3) is 0 Å². The molecule has 0 aliphatic carbocycles. The number of carbonyl (C=O) groups is 3. The molecule has 1 aromatic heterocycles. The van der Waals surface area contributed by atoms with Gasteiger partial charge in [0, 0.05) is 24.9 Å². The first kappa shape index (κ1) is 31.0. The number of likely N-dealkylation sites (N-methyl/N-ethyl adjacent to an activating group) is 2. The number of benzene rings is 1. The zero-order valence-corrected chi connectivity index (χ0v) is 24.5. The van der Waals surface area contributed by atoms with Crippen LogP contribution in [0.15, 0.2) is 54.4 Å². The summed E-state index contributed by atoms with van der Waals surface area (Å²) in [5.74, 6) is -0.395. The van der Waals surface area contributed by atoms with E-state index in [0.29, 0.717) is 5.57 Å².